The summed E-state index contributed by atoms with van der Waals surface area (Å²) in [5, 5.41) is 1.20. The number of carbonyl (C=O) groups is 1. The van der Waals surface area contributed by atoms with Gasteiger partial charge in [0.2, 0.25) is 0 Å². The average Bonchev–Trinajstić information content (AvgIpc) is 2.83. The van der Waals surface area contributed by atoms with Gasteiger partial charge in [-0.1, -0.05) is 12.1 Å². The van der Waals surface area contributed by atoms with Gasteiger partial charge in [0.05, 0.1) is 7.11 Å². The van der Waals surface area contributed by atoms with Crippen molar-refractivity contribution < 1.29 is 9.53 Å². The second-order valence-electron chi connectivity index (χ2n) is 4.48. The lowest BCUT2D eigenvalue weighted by Crippen LogP contribution is -2.24. The fraction of sp³-hybridized carbons (Fsp3) is 0.357. The molecule has 1 unspecified atom stereocenters. The highest BCUT2D eigenvalue weighted by Crippen LogP contribution is 2.15. The SMILES string of the molecule is COC(=O)CCC(N)Cc1ccc2cc[nH]c2c1. The lowest BCUT2D eigenvalue weighted by Gasteiger charge is -2.10. The van der Waals surface area contributed by atoms with Gasteiger partial charge in [-0.05, 0) is 35.9 Å². The predicted octanol–water partition coefficient (Wildman–Crippen LogP) is 1.99. The summed E-state index contributed by atoms with van der Waals surface area (Å²) in [6, 6.07) is 8.28. The Bertz CT molecular complexity index is 533. The van der Waals surface area contributed by atoms with Gasteiger partial charge in [0.1, 0.15) is 0 Å². The van der Waals surface area contributed by atoms with Gasteiger partial charge in [0.25, 0.3) is 0 Å². The van der Waals surface area contributed by atoms with Crippen LogP contribution in [0.3, 0.4) is 0 Å². The van der Waals surface area contributed by atoms with E-state index in [0.717, 1.165) is 11.9 Å². The summed E-state index contributed by atoms with van der Waals surface area (Å²) in [7, 11) is 1.40. The van der Waals surface area contributed by atoms with Gasteiger partial charge in [-0.2, -0.15) is 0 Å². The molecule has 2 aromatic rings. The number of nitrogens with one attached hydrogen (secondary N) is 1. The largest absolute Gasteiger partial charge is 0.469 e. The number of rotatable bonds is 5. The minimum absolute atomic E-state index is 0.0171. The summed E-state index contributed by atoms with van der Waals surface area (Å²) in [5.41, 5.74) is 8.31. The van der Waals surface area contributed by atoms with Crippen LogP contribution in [0.25, 0.3) is 10.9 Å². The van der Waals surface area contributed by atoms with E-state index in [4.69, 9.17) is 5.73 Å². The van der Waals surface area contributed by atoms with E-state index in [1.165, 1.54) is 18.1 Å². The van der Waals surface area contributed by atoms with E-state index in [1.54, 1.807) is 0 Å². The third kappa shape index (κ3) is 3.11. The number of hydrogen-bond donors (Lipinski definition) is 2. The van der Waals surface area contributed by atoms with Gasteiger partial charge in [-0.3, -0.25) is 4.79 Å². The maximum Gasteiger partial charge on any atom is 0.305 e. The number of fused-ring (bicyclic) bond motifs is 1. The van der Waals surface area contributed by atoms with Crippen LogP contribution >= 0.6 is 0 Å². The summed E-state index contributed by atoms with van der Waals surface area (Å²) in [6.07, 6.45) is 3.72. The van der Waals surface area contributed by atoms with Crippen LogP contribution in [0.1, 0.15) is 18.4 Å². The Kier molecular flexibility index (Phi) is 3.99. The van der Waals surface area contributed by atoms with Crippen molar-refractivity contribution in [3.05, 3.63) is 36.0 Å². The molecule has 1 heterocycles. The molecule has 0 aliphatic heterocycles. The molecular weight excluding hydrogens is 228 g/mol. The number of hydrogen-bond acceptors (Lipinski definition) is 3. The molecule has 1 atom stereocenters. The molecule has 1 aromatic heterocycles. The van der Waals surface area contributed by atoms with Crippen molar-refractivity contribution in [2.45, 2.75) is 25.3 Å². The summed E-state index contributed by atoms with van der Waals surface area (Å²) in [4.78, 5) is 14.2. The lowest BCUT2D eigenvalue weighted by molar-refractivity contribution is -0.140. The molecule has 0 fully saturated rings. The topological polar surface area (TPSA) is 68.1 Å². The summed E-state index contributed by atoms with van der Waals surface area (Å²) in [5.74, 6) is -0.203. The Morgan fingerprint density at radius 1 is 1.44 bits per heavy atom. The van der Waals surface area contributed by atoms with Crippen LogP contribution < -0.4 is 5.73 Å². The highest BCUT2D eigenvalue weighted by atomic mass is 16.5. The normalized spacial score (nSPS) is 12.6. The molecule has 3 N–H and O–H groups in total. The molecule has 0 saturated heterocycles. The monoisotopic (exact) mass is 246 g/mol. The van der Waals surface area contributed by atoms with Gasteiger partial charge in [-0.25, -0.2) is 0 Å². The Labute approximate surface area is 106 Å². The van der Waals surface area contributed by atoms with Crippen LogP contribution in [0.5, 0.6) is 0 Å². The smallest absolute Gasteiger partial charge is 0.305 e. The standard InChI is InChI=1S/C14H18N2O2/c1-18-14(17)5-4-12(15)8-10-2-3-11-6-7-16-13(11)9-10/h2-3,6-7,9,12,16H,4-5,8,15H2,1H3. The predicted molar refractivity (Wildman–Crippen MR) is 71.2 cm³/mol. The van der Waals surface area contributed by atoms with Crippen molar-refractivity contribution >= 4 is 16.9 Å². The number of ether oxygens (including phenoxy) is 1. The zero-order valence-corrected chi connectivity index (χ0v) is 10.5. The molecule has 1 aromatic carbocycles. The van der Waals surface area contributed by atoms with E-state index >= 15 is 0 Å². The van der Waals surface area contributed by atoms with Crippen LogP contribution in [0.15, 0.2) is 30.5 Å². The van der Waals surface area contributed by atoms with Gasteiger partial charge in [0, 0.05) is 24.2 Å². The number of esters is 1. The van der Waals surface area contributed by atoms with Crippen LogP contribution in [0.4, 0.5) is 0 Å². The number of aromatic nitrogens is 1. The molecule has 96 valence electrons. The Morgan fingerprint density at radius 2 is 2.28 bits per heavy atom. The van der Waals surface area contributed by atoms with Crippen molar-refractivity contribution in [3.63, 3.8) is 0 Å². The summed E-state index contributed by atoms with van der Waals surface area (Å²) >= 11 is 0. The maximum absolute atomic E-state index is 11.0. The zero-order chi connectivity index (χ0) is 13.0. The molecule has 4 heteroatoms. The number of nitrogens with two attached hydrogens (primary N) is 1. The van der Waals surface area contributed by atoms with Gasteiger partial charge < -0.3 is 15.5 Å². The fourth-order valence-corrected chi connectivity index (χ4v) is 2.03. The first kappa shape index (κ1) is 12.6. The molecule has 0 bridgehead atoms. The van der Waals surface area contributed by atoms with Crippen molar-refractivity contribution in [2.75, 3.05) is 7.11 Å². The van der Waals surface area contributed by atoms with E-state index in [1.807, 2.05) is 12.3 Å². The first-order chi connectivity index (χ1) is 8.69. The zero-order valence-electron chi connectivity index (χ0n) is 10.5. The lowest BCUT2D eigenvalue weighted by atomic mass is 10.0. The van der Waals surface area contributed by atoms with Crippen LogP contribution in [0.2, 0.25) is 0 Å². The Hall–Kier alpha value is -1.81. The molecule has 0 amide bonds. The van der Waals surface area contributed by atoms with E-state index in [-0.39, 0.29) is 12.0 Å². The molecule has 0 saturated carbocycles. The quantitative estimate of drug-likeness (QED) is 0.793. The molecular formula is C14H18N2O2. The highest BCUT2D eigenvalue weighted by molar-refractivity contribution is 5.79. The third-order valence-corrected chi connectivity index (χ3v) is 3.06. The third-order valence-electron chi connectivity index (χ3n) is 3.06. The summed E-state index contributed by atoms with van der Waals surface area (Å²) < 4.78 is 4.60. The average molecular weight is 246 g/mol. The van der Waals surface area contributed by atoms with Gasteiger partial charge in [-0.15, -0.1) is 0 Å². The number of H-pyrrole nitrogens is 1. The highest BCUT2D eigenvalue weighted by Gasteiger charge is 2.08. The molecule has 4 nitrogen and oxygen atoms in total. The second-order valence-corrected chi connectivity index (χ2v) is 4.48. The van der Waals surface area contributed by atoms with E-state index in [2.05, 4.69) is 27.9 Å². The number of benzene rings is 1. The Morgan fingerprint density at radius 3 is 3.06 bits per heavy atom. The molecule has 0 aliphatic carbocycles. The maximum atomic E-state index is 11.0. The van der Waals surface area contributed by atoms with Crippen molar-refractivity contribution in [2.24, 2.45) is 5.73 Å². The first-order valence-electron chi connectivity index (χ1n) is 6.07. The van der Waals surface area contributed by atoms with Crippen LogP contribution in [-0.4, -0.2) is 24.1 Å². The number of methoxy groups -OCH3 is 1. The summed E-state index contributed by atoms with van der Waals surface area (Å²) in [6.45, 7) is 0. The number of carbonyl (C=O) groups excluding carboxylic acids is 1. The minimum Gasteiger partial charge on any atom is -0.469 e. The van der Waals surface area contributed by atoms with E-state index in [0.29, 0.717) is 12.8 Å². The van der Waals surface area contributed by atoms with Gasteiger partial charge in [0.15, 0.2) is 0 Å². The van der Waals surface area contributed by atoms with Crippen LogP contribution in [-0.2, 0) is 16.0 Å². The van der Waals surface area contributed by atoms with E-state index < -0.39 is 0 Å². The van der Waals surface area contributed by atoms with Gasteiger partial charge >= 0.3 is 5.97 Å². The molecule has 0 spiro atoms. The van der Waals surface area contributed by atoms with Crippen LogP contribution in [0, 0.1) is 0 Å². The molecule has 18 heavy (non-hydrogen) atoms. The van der Waals surface area contributed by atoms with E-state index in [9.17, 15) is 4.79 Å². The van der Waals surface area contributed by atoms with Crippen molar-refractivity contribution in [1.82, 2.24) is 4.98 Å². The van der Waals surface area contributed by atoms with Crippen molar-refractivity contribution in [1.29, 1.82) is 0 Å². The fourth-order valence-electron chi connectivity index (χ4n) is 2.03. The Balaban J connectivity index is 1.93. The molecule has 0 radical (unpaired) electrons. The minimum atomic E-state index is -0.203. The second kappa shape index (κ2) is 5.69. The molecule has 2 rings (SSSR count). The molecule has 0 aliphatic rings. The van der Waals surface area contributed by atoms with Crippen molar-refractivity contribution in [3.8, 4) is 0 Å². The first-order valence-corrected chi connectivity index (χ1v) is 6.07. The number of aromatic amines is 1.